The molecule has 0 aliphatic carbocycles. The first kappa shape index (κ1) is 60.9. The highest BCUT2D eigenvalue weighted by atomic mass is 16.6. The molecule has 0 unspecified atom stereocenters. The number of carbonyl (C=O) groups is 3. The summed E-state index contributed by atoms with van der Waals surface area (Å²) < 4.78 is 16.8. The van der Waals surface area contributed by atoms with E-state index < -0.39 is 6.10 Å². The van der Waals surface area contributed by atoms with Crippen LogP contribution < -0.4 is 0 Å². The van der Waals surface area contributed by atoms with E-state index in [1.807, 2.05) is 0 Å². The second-order valence-electron chi connectivity index (χ2n) is 17.8. The van der Waals surface area contributed by atoms with Gasteiger partial charge in [-0.25, -0.2) is 0 Å². The Balaban J connectivity index is 4.44. The molecule has 0 amide bonds. The highest BCUT2D eigenvalue weighted by molar-refractivity contribution is 5.71. The molecule has 6 heteroatoms. The molecule has 6 nitrogen and oxygen atoms in total. The molecule has 0 aliphatic heterocycles. The maximum Gasteiger partial charge on any atom is 0.306 e. The van der Waals surface area contributed by atoms with Crippen LogP contribution in [0, 0.1) is 0 Å². The van der Waals surface area contributed by atoms with Crippen molar-refractivity contribution < 1.29 is 28.6 Å². The molecule has 0 saturated heterocycles. The number of allylic oxidation sites excluding steroid dienone is 12. The van der Waals surface area contributed by atoms with Gasteiger partial charge in [0.15, 0.2) is 6.10 Å². The molecular formula is C58H100O6. The summed E-state index contributed by atoms with van der Waals surface area (Å²) in [6, 6.07) is 0. The standard InChI is InChI=1S/C58H100O6/c1-4-7-10-13-16-19-22-25-28-29-31-33-36-39-42-45-48-51-57(60)63-54-55(53-62-56(59)50-47-44-41-38-35-32-27-24-21-18-15-12-9-6-3)64-58(61)52-49-46-43-40-37-34-30-26-23-20-17-14-11-8-5-2/h8,11,16-17,19-20,25-26,28,30,37,40,55H,4-7,9-10,12-15,18,21-24,27,29,31-36,38-39,41-54H2,1-3H3/b11-8-,19-16-,20-17-,28-25-,30-26-,40-37-/t55-/m1/s1. The van der Waals surface area contributed by atoms with Gasteiger partial charge in [-0.2, -0.15) is 0 Å². The minimum atomic E-state index is -0.798. The van der Waals surface area contributed by atoms with E-state index in [0.717, 1.165) is 89.9 Å². The predicted molar refractivity (Wildman–Crippen MR) is 274 cm³/mol. The quantitative estimate of drug-likeness (QED) is 0.0262. The molecule has 0 bridgehead atoms. The van der Waals surface area contributed by atoms with Crippen molar-refractivity contribution in [3.05, 3.63) is 72.9 Å². The van der Waals surface area contributed by atoms with Crippen LogP contribution in [0.15, 0.2) is 72.9 Å². The third-order valence-corrected chi connectivity index (χ3v) is 11.4. The smallest absolute Gasteiger partial charge is 0.306 e. The first-order valence-corrected chi connectivity index (χ1v) is 26.9. The molecule has 0 aliphatic rings. The van der Waals surface area contributed by atoms with Crippen LogP contribution in [0.3, 0.4) is 0 Å². The van der Waals surface area contributed by atoms with Crippen LogP contribution >= 0.6 is 0 Å². The summed E-state index contributed by atoms with van der Waals surface area (Å²) >= 11 is 0. The van der Waals surface area contributed by atoms with Crippen molar-refractivity contribution >= 4 is 17.9 Å². The normalized spacial score (nSPS) is 12.6. The maximum atomic E-state index is 12.8. The van der Waals surface area contributed by atoms with Crippen molar-refractivity contribution in [3.8, 4) is 0 Å². The van der Waals surface area contributed by atoms with Crippen molar-refractivity contribution in [1.29, 1.82) is 0 Å². The van der Waals surface area contributed by atoms with Crippen LogP contribution in [-0.4, -0.2) is 37.2 Å². The number of rotatable bonds is 48. The fraction of sp³-hybridized carbons (Fsp3) is 0.741. The molecule has 0 aromatic carbocycles. The van der Waals surface area contributed by atoms with Gasteiger partial charge < -0.3 is 14.2 Å². The lowest BCUT2D eigenvalue weighted by molar-refractivity contribution is -0.167. The summed E-state index contributed by atoms with van der Waals surface area (Å²) in [7, 11) is 0. The van der Waals surface area contributed by atoms with Gasteiger partial charge in [-0.3, -0.25) is 14.4 Å². The molecule has 0 radical (unpaired) electrons. The molecule has 0 fully saturated rings. The summed E-state index contributed by atoms with van der Waals surface area (Å²) in [6.45, 7) is 6.47. The van der Waals surface area contributed by atoms with Gasteiger partial charge in [-0.15, -0.1) is 0 Å². The van der Waals surface area contributed by atoms with Crippen molar-refractivity contribution in [2.75, 3.05) is 13.2 Å². The van der Waals surface area contributed by atoms with Gasteiger partial charge in [0.2, 0.25) is 0 Å². The molecule has 368 valence electrons. The average Bonchev–Trinajstić information content (AvgIpc) is 3.29. The highest BCUT2D eigenvalue weighted by Gasteiger charge is 2.19. The maximum absolute atomic E-state index is 12.8. The lowest BCUT2D eigenvalue weighted by Crippen LogP contribution is -2.30. The fourth-order valence-corrected chi connectivity index (χ4v) is 7.40. The third-order valence-electron chi connectivity index (χ3n) is 11.4. The third kappa shape index (κ3) is 49.9. The number of esters is 3. The van der Waals surface area contributed by atoms with E-state index in [2.05, 4.69) is 93.7 Å². The van der Waals surface area contributed by atoms with Gasteiger partial charge in [-0.05, 0) is 89.9 Å². The number of unbranched alkanes of at least 4 members (excludes halogenated alkanes) is 25. The molecule has 0 saturated carbocycles. The van der Waals surface area contributed by atoms with Gasteiger partial charge in [0.05, 0.1) is 0 Å². The lowest BCUT2D eigenvalue weighted by Gasteiger charge is -2.18. The van der Waals surface area contributed by atoms with E-state index >= 15 is 0 Å². The van der Waals surface area contributed by atoms with E-state index in [4.69, 9.17) is 14.2 Å². The zero-order valence-electron chi connectivity index (χ0n) is 42.0. The highest BCUT2D eigenvalue weighted by Crippen LogP contribution is 2.15. The molecule has 0 aromatic heterocycles. The Bertz CT molecular complexity index is 1210. The van der Waals surface area contributed by atoms with Crippen LogP contribution in [0.1, 0.15) is 258 Å². The summed E-state index contributed by atoms with van der Waals surface area (Å²) in [5.41, 5.74) is 0. The second-order valence-corrected chi connectivity index (χ2v) is 17.8. The second kappa shape index (κ2) is 52.5. The van der Waals surface area contributed by atoms with Crippen molar-refractivity contribution in [2.45, 2.75) is 264 Å². The van der Waals surface area contributed by atoms with Crippen molar-refractivity contribution in [2.24, 2.45) is 0 Å². The molecule has 0 N–H and O–H groups in total. The van der Waals surface area contributed by atoms with E-state index in [-0.39, 0.29) is 37.5 Å². The van der Waals surface area contributed by atoms with E-state index in [1.165, 1.54) is 122 Å². The Morgan fingerprint density at radius 1 is 0.328 bits per heavy atom. The van der Waals surface area contributed by atoms with Crippen LogP contribution in [0.5, 0.6) is 0 Å². The Morgan fingerprint density at radius 2 is 0.609 bits per heavy atom. The van der Waals surface area contributed by atoms with E-state index in [9.17, 15) is 14.4 Å². The van der Waals surface area contributed by atoms with Gasteiger partial charge in [0, 0.05) is 19.3 Å². The Hall–Kier alpha value is -3.15. The van der Waals surface area contributed by atoms with Gasteiger partial charge in [0.1, 0.15) is 13.2 Å². The molecule has 0 rings (SSSR count). The number of hydrogen-bond acceptors (Lipinski definition) is 6. The van der Waals surface area contributed by atoms with Crippen molar-refractivity contribution in [3.63, 3.8) is 0 Å². The SMILES string of the molecule is CC/C=C\C/C=C\C/C=C\C/C=C\CCCCC(=O)O[C@@H](COC(=O)CCCCCCCCC/C=C\C/C=C\CCCCC)COC(=O)CCCCCCCCCCCCCCCC. The fourth-order valence-electron chi connectivity index (χ4n) is 7.40. The van der Waals surface area contributed by atoms with Crippen LogP contribution in [0.25, 0.3) is 0 Å². The van der Waals surface area contributed by atoms with E-state index in [0.29, 0.717) is 19.3 Å². The molecule has 0 heterocycles. The Kier molecular flexibility index (Phi) is 49.9. The summed E-state index contributed by atoms with van der Waals surface area (Å²) in [4.78, 5) is 38.0. The first-order chi connectivity index (χ1) is 31.5. The molecule has 0 aromatic rings. The first-order valence-electron chi connectivity index (χ1n) is 26.9. The molecule has 0 spiro atoms. The number of hydrogen-bond donors (Lipinski definition) is 0. The van der Waals surface area contributed by atoms with E-state index in [1.54, 1.807) is 0 Å². The van der Waals surface area contributed by atoms with Crippen molar-refractivity contribution in [1.82, 2.24) is 0 Å². The lowest BCUT2D eigenvalue weighted by atomic mass is 10.0. The average molecular weight is 893 g/mol. The van der Waals surface area contributed by atoms with Gasteiger partial charge in [-0.1, -0.05) is 222 Å². The zero-order chi connectivity index (χ0) is 46.5. The van der Waals surface area contributed by atoms with Crippen LogP contribution in [0.4, 0.5) is 0 Å². The van der Waals surface area contributed by atoms with Crippen LogP contribution in [0.2, 0.25) is 0 Å². The topological polar surface area (TPSA) is 78.9 Å². The molecule has 64 heavy (non-hydrogen) atoms. The summed E-state index contributed by atoms with van der Waals surface area (Å²) in [6.07, 6.45) is 66.0. The monoisotopic (exact) mass is 893 g/mol. The predicted octanol–water partition coefficient (Wildman–Crippen LogP) is 17.8. The number of ether oxygens (including phenoxy) is 3. The van der Waals surface area contributed by atoms with Gasteiger partial charge in [0.25, 0.3) is 0 Å². The zero-order valence-corrected chi connectivity index (χ0v) is 42.0. The summed E-state index contributed by atoms with van der Waals surface area (Å²) in [5.74, 6) is -0.937. The Morgan fingerprint density at radius 3 is 1.02 bits per heavy atom. The molecular weight excluding hydrogens is 793 g/mol. The Labute approximate surface area is 395 Å². The van der Waals surface area contributed by atoms with Crippen LogP contribution in [-0.2, 0) is 28.6 Å². The number of carbonyl (C=O) groups excluding carboxylic acids is 3. The van der Waals surface area contributed by atoms with Gasteiger partial charge >= 0.3 is 17.9 Å². The largest absolute Gasteiger partial charge is 0.462 e. The minimum absolute atomic E-state index is 0.0929. The molecule has 1 atom stereocenters. The summed E-state index contributed by atoms with van der Waals surface area (Å²) in [5, 5.41) is 0. The minimum Gasteiger partial charge on any atom is -0.462 e.